The predicted octanol–water partition coefficient (Wildman–Crippen LogP) is 11.6. The van der Waals surface area contributed by atoms with E-state index < -0.39 is 0 Å². The van der Waals surface area contributed by atoms with Gasteiger partial charge in [0.2, 0.25) is 5.89 Å². The fraction of sp³-hybridized carbons (Fsp3) is 0.102. The number of ether oxygens (including phenoxy) is 1. The number of para-hydroxylation sites is 1. The second-order valence-corrected chi connectivity index (χ2v) is 15.0. The Kier molecular flexibility index (Phi) is 6.92. The van der Waals surface area contributed by atoms with Crippen LogP contribution in [0, 0.1) is 0 Å². The fourth-order valence-electron chi connectivity index (χ4n) is 8.55. The first-order valence-corrected chi connectivity index (χ1v) is 18.7. The van der Waals surface area contributed by atoms with E-state index in [-0.39, 0.29) is 17.4 Å². The number of rotatable bonds is 5. The highest BCUT2D eigenvalue weighted by Gasteiger charge is 2.39. The Bertz CT molecular complexity index is 2870. The molecule has 11 rings (SSSR count). The van der Waals surface area contributed by atoms with Gasteiger partial charge in [-0.3, -0.25) is 0 Å². The molecule has 0 bridgehead atoms. The lowest BCUT2D eigenvalue weighted by Gasteiger charge is -2.22. The average molecular weight is 711 g/mol. The molecule has 0 radical (unpaired) electrons. The van der Waals surface area contributed by atoms with Crippen LogP contribution in [-0.2, 0) is 5.41 Å². The molecule has 2 unspecified atom stereocenters. The Morgan fingerprint density at radius 2 is 1.18 bits per heavy atom. The summed E-state index contributed by atoms with van der Waals surface area (Å²) in [6.07, 6.45) is 8.42. The van der Waals surface area contributed by atoms with Gasteiger partial charge in [0.05, 0.1) is 5.56 Å². The second-order valence-electron chi connectivity index (χ2n) is 15.0. The van der Waals surface area contributed by atoms with E-state index in [0.717, 1.165) is 55.8 Å². The van der Waals surface area contributed by atoms with E-state index in [1.54, 1.807) is 0 Å². The Hall–Kier alpha value is -6.92. The van der Waals surface area contributed by atoms with Crippen LogP contribution < -0.4 is 4.74 Å². The molecule has 0 saturated carbocycles. The van der Waals surface area contributed by atoms with Crippen LogP contribution in [-0.4, -0.2) is 26.0 Å². The maximum atomic E-state index is 6.51. The van der Waals surface area contributed by atoms with E-state index in [0.29, 0.717) is 23.4 Å². The van der Waals surface area contributed by atoms with Crippen molar-refractivity contribution in [3.8, 4) is 73.6 Å². The number of nitrogens with zero attached hydrogens (tertiary/aromatic N) is 4. The van der Waals surface area contributed by atoms with Crippen LogP contribution in [0.15, 0.2) is 162 Å². The van der Waals surface area contributed by atoms with Gasteiger partial charge in [0.15, 0.2) is 23.1 Å². The molecule has 0 N–H and O–H groups in total. The molecule has 6 aromatic carbocycles. The third-order valence-corrected chi connectivity index (χ3v) is 11.3. The summed E-state index contributed by atoms with van der Waals surface area (Å²) in [7, 11) is 0. The van der Waals surface area contributed by atoms with Crippen molar-refractivity contribution < 1.29 is 9.15 Å². The predicted molar refractivity (Wildman–Crippen MR) is 218 cm³/mol. The summed E-state index contributed by atoms with van der Waals surface area (Å²) >= 11 is 0. The first kappa shape index (κ1) is 31.6. The summed E-state index contributed by atoms with van der Waals surface area (Å²) in [5.41, 5.74) is 13.4. The van der Waals surface area contributed by atoms with Gasteiger partial charge in [-0.15, -0.1) is 0 Å². The second kappa shape index (κ2) is 12.1. The normalized spacial score (nSPS) is 17.1. The van der Waals surface area contributed by atoms with Gasteiger partial charge in [-0.05, 0) is 64.2 Å². The molecule has 2 aromatic heterocycles. The summed E-state index contributed by atoms with van der Waals surface area (Å²) in [6.45, 7) is 4.57. The van der Waals surface area contributed by atoms with Crippen molar-refractivity contribution in [3.63, 3.8) is 0 Å². The average Bonchev–Trinajstić information content (AvgIpc) is 3.91. The molecule has 2 atom stereocenters. The van der Waals surface area contributed by atoms with Crippen molar-refractivity contribution in [2.75, 3.05) is 0 Å². The summed E-state index contributed by atoms with van der Waals surface area (Å²) in [5, 5.41) is 0. The zero-order valence-corrected chi connectivity index (χ0v) is 30.3. The molecule has 6 nitrogen and oxygen atoms in total. The van der Waals surface area contributed by atoms with E-state index in [1.807, 2.05) is 72.8 Å². The molecule has 2 aliphatic carbocycles. The first-order chi connectivity index (χ1) is 27.0. The number of fused-ring (bicyclic) bond motifs is 8. The lowest BCUT2D eigenvalue weighted by molar-refractivity contribution is 0.269. The van der Waals surface area contributed by atoms with Crippen molar-refractivity contribution >= 4 is 11.1 Å². The molecule has 3 aliphatic rings. The summed E-state index contributed by atoms with van der Waals surface area (Å²) in [6, 6.07) is 46.0. The van der Waals surface area contributed by atoms with Crippen LogP contribution in [0.25, 0.3) is 79.0 Å². The molecular weight excluding hydrogens is 677 g/mol. The lowest BCUT2D eigenvalue weighted by Crippen LogP contribution is -2.15. The number of hydrogen-bond acceptors (Lipinski definition) is 6. The zero-order valence-electron chi connectivity index (χ0n) is 30.3. The van der Waals surface area contributed by atoms with Crippen molar-refractivity contribution in [1.29, 1.82) is 0 Å². The fourth-order valence-corrected chi connectivity index (χ4v) is 8.55. The van der Waals surface area contributed by atoms with Gasteiger partial charge in [0, 0.05) is 39.2 Å². The number of oxazole rings is 1. The zero-order chi connectivity index (χ0) is 36.7. The minimum Gasteiger partial charge on any atom is -0.484 e. The van der Waals surface area contributed by atoms with Crippen molar-refractivity contribution in [2.45, 2.75) is 31.3 Å². The number of benzene rings is 6. The van der Waals surface area contributed by atoms with Gasteiger partial charge in [0.1, 0.15) is 17.4 Å². The lowest BCUT2D eigenvalue weighted by atomic mass is 9.81. The molecule has 262 valence electrons. The van der Waals surface area contributed by atoms with Crippen LogP contribution in [0.1, 0.15) is 36.5 Å². The number of aromatic nitrogens is 4. The van der Waals surface area contributed by atoms with Gasteiger partial charge in [0.25, 0.3) is 0 Å². The van der Waals surface area contributed by atoms with Crippen LogP contribution in [0.4, 0.5) is 0 Å². The van der Waals surface area contributed by atoms with Crippen LogP contribution in [0.5, 0.6) is 5.75 Å². The van der Waals surface area contributed by atoms with Gasteiger partial charge >= 0.3 is 0 Å². The molecule has 6 heteroatoms. The Balaban J connectivity index is 0.958. The van der Waals surface area contributed by atoms with Crippen molar-refractivity contribution in [1.82, 2.24) is 19.9 Å². The van der Waals surface area contributed by atoms with Crippen LogP contribution in [0.3, 0.4) is 0 Å². The highest BCUT2D eigenvalue weighted by Crippen LogP contribution is 2.53. The summed E-state index contributed by atoms with van der Waals surface area (Å²) in [4.78, 5) is 20.0. The molecular formula is C49H34N4O2. The minimum absolute atomic E-state index is 0.0294. The molecule has 8 aromatic rings. The maximum absolute atomic E-state index is 6.51. The van der Waals surface area contributed by atoms with Gasteiger partial charge < -0.3 is 9.15 Å². The van der Waals surface area contributed by atoms with E-state index >= 15 is 0 Å². The Labute approximate surface area is 318 Å². The smallest absolute Gasteiger partial charge is 0.227 e. The quantitative estimate of drug-likeness (QED) is 0.177. The molecule has 0 amide bonds. The Morgan fingerprint density at radius 3 is 1.96 bits per heavy atom. The van der Waals surface area contributed by atoms with Crippen molar-refractivity contribution in [3.05, 3.63) is 174 Å². The first-order valence-electron chi connectivity index (χ1n) is 18.7. The maximum Gasteiger partial charge on any atom is 0.227 e. The monoisotopic (exact) mass is 710 g/mol. The van der Waals surface area contributed by atoms with E-state index in [9.17, 15) is 0 Å². The number of hydrogen-bond donors (Lipinski definition) is 0. The standard InChI is InChI=1S/C49H34N4O2/c1-49(2)39-28-33(24-25-34(39)36-26-27-40-44(42(36)49)55-48(50-40)32-14-7-4-8-15-32)29-20-22-31(23-21-29)46-51-45(30-12-5-3-6-13-30)52-47(53-46)38-18-11-17-37-35-16-9-10-19-41(35)54-43(37)38/h3-28,35,41H,1-2H3. The molecule has 3 heterocycles. The highest BCUT2D eigenvalue weighted by atomic mass is 16.5. The third kappa shape index (κ3) is 5.02. The number of allylic oxidation sites excluding steroid dienone is 2. The molecule has 0 fully saturated rings. The van der Waals surface area contributed by atoms with E-state index in [1.165, 1.54) is 22.3 Å². The molecule has 0 saturated heterocycles. The minimum atomic E-state index is -0.283. The van der Waals surface area contributed by atoms with Crippen molar-refractivity contribution in [2.24, 2.45) is 0 Å². The SMILES string of the molecule is CC1(C)c2cc(-c3ccc(-c4nc(-c5ccccc5)nc(-c5cccc6c5OC5C=CC=CC65)n4)cc3)ccc2-c2ccc3nc(-c4ccccc4)oc3c21. The third-order valence-electron chi connectivity index (χ3n) is 11.3. The largest absolute Gasteiger partial charge is 0.484 e. The van der Waals surface area contributed by atoms with Crippen LogP contribution >= 0.6 is 0 Å². The van der Waals surface area contributed by atoms with Gasteiger partial charge in [-0.1, -0.05) is 135 Å². The molecule has 1 aliphatic heterocycles. The topological polar surface area (TPSA) is 73.9 Å². The van der Waals surface area contributed by atoms with E-state index in [4.69, 9.17) is 29.1 Å². The van der Waals surface area contributed by atoms with Gasteiger partial charge in [-0.2, -0.15) is 0 Å². The van der Waals surface area contributed by atoms with E-state index in [2.05, 4.69) is 98.8 Å². The van der Waals surface area contributed by atoms with Gasteiger partial charge in [-0.25, -0.2) is 19.9 Å². The molecule has 55 heavy (non-hydrogen) atoms. The Morgan fingerprint density at radius 1 is 0.527 bits per heavy atom. The summed E-state index contributed by atoms with van der Waals surface area (Å²) < 4.78 is 13.0. The highest BCUT2D eigenvalue weighted by molar-refractivity contribution is 5.94. The summed E-state index contributed by atoms with van der Waals surface area (Å²) in [5.74, 6) is 3.48. The molecule has 0 spiro atoms. The van der Waals surface area contributed by atoms with Crippen LogP contribution in [0.2, 0.25) is 0 Å².